The first-order chi connectivity index (χ1) is 17.2. The Hall–Kier alpha value is -3.36. The van der Waals surface area contributed by atoms with Gasteiger partial charge in [-0.1, -0.05) is 44.9 Å². The molecule has 2 unspecified atom stereocenters. The highest BCUT2D eigenvalue weighted by Crippen LogP contribution is 2.26. The van der Waals surface area contributed by atoms with Gasteiger partial charge in [0.1, 0.15) is 6.04 Å². The number of carboxylic acid groups (broad SMARTS) is 1. The fourth-order valence-electron chi connectivity index (χ4n) is 4.94. The number of amides is 2. The molecule has 0 fully saturated rings. The number of aliphatic carboxylic acids is 1. The number of fused-ring (bicyclic) bond motifs is 5. The van der Waals surface area contributed by atoms with E-state index in [4.69, 9.17) is 0 Å². The van der Waals surface area contributed by atoms with Crippen molar-refractivity contribution >= 4 is 34.7 Å². The summed E-state index contributed by atoms with van der Waals surface area (Å²) in [6, 6.07) is 7.06. The molecule has 1 aliphatic rings. The average molecular weight is 500 g/mol. The van der Waals surface area contributed by atoms with Crippen molar-refractivity contribution in [3.05, 3.63) is 36.0 Å². The van der Waals surface area contributed by atoms with E-state index < -0.39 is 35.7 Å². The molecule has 9 nitrogen and oxygen atoms in total. The van der Waals surface area contributed by atoms with Crippen LogP contribution in [-0.4, -0.2) is 53.1 Å². The van der Waals surface area contributed by atoms with E-state index in [1.807, 2.05) is 44.3 Å². The normalized spacial score (nSPS) is 18.8. The molecule has 3 rings (SSSR count). The fraction of sp³-hybridized carbons (Fsp3) is 0.556. The lowest BCUT2D eigenvalue weighted by Crippen LogP contribution is -2.52. The van der Waals surface area contributed by atoms with Gasteiger partial charge in [-0.2, -0.15) is 0 Å². The maximum Gasteiger partial charge on any atom is 0.320 e. The van der Waals surface area contributed by atoms with Gasteiger partial charge < -0.3 is 25.0 Å². The molecule has 0 radical (unpaired) electrons. The van der Waals surface area contributed by atoms with Gasteiger partial charge in [0.15, 0.2) is 5.92 Å². The molecule has 2 amide bonds. The second kappa shape index (κ2) is 12.6. The molecule has 9 heteroatoms. The Balaban J connectivity index is 1.95. The van der Waals surface area contributed by atoms with E-state index >= 15 is 0 Å². The van der Waals surface area contributed by atoms with Crippen LogP contribution in [0.4, 0.5) is 0 Å². The highest BCUT2D eigenvalue weighted by Gasteiger charge is 2.41. The van der Waals surface area contributed by atoms with Gasteiger partial charge in [-0.25, -0.2) is 0 Å². The van der Waals surface area contributed by atoms with Crippen LogP contribution in [-0.2, 0) is 36.9 Å². The molecule has 2 heterocycles. The summed E-state index contributed by atoms with van der Waals surface area (Å²) in [7, 11) is 1.10. The van der Waals surface area contributed by atoms with Crippen molar-refractivity contribution in [1.29, 1.82) is 0 Å². The number of benzene rings is 1. The van der Waals surface area contributed by atoms with Crippen LogP contribution in [0.2, 0.25) is 0 Å². The Bertz CT molecular complexity index is 1090. The minimum Gasteiger partial charge on any atom is -0.481 e. The zero-order valence-electron chi connectivity index (χ0n) is 21.3. The van der Waals surface area contributed by atoms with Crippen molar-refractivity contribution < 1.29 is 29.0 Å². The molecule has 1 aliphatic heterocycles. The number of hydrogen-bond acceptors (Lipinski definition) is 5. The van der Waals surface area contributed by atoms with Crippen LogP contribution in [0.3, 0.4) is 0 Å². The SMILES string of the molecule is COC(=O)C(C(=O)O)[C@@H](CC(C)C)C(=O)NC1Cc2cn(c3ccccc23)CCCCCCNC1=O. The summed E-state index contributed by atoms with van der Waals surface area (Å²) in [4.78, 5) is 50.9. The summed E-state index contributed by atoms with van der Waals surface area (Å²) < 4.78 is 6.88. The number of nitrogens with zero attached hydrogens (tertiary/aromatic N) is 1. The topological polar surface area (TPSA) is 127 Å². The average Bonchev–Trinajstić information content (AvgIpc) is 3.19. The molecular weight excluding hydrogens is 462 g/mol. The van der Waals surface area contributed by atoms with E-state index in [0.717, 1.165) is 55.8 Å². The van der Waals surface area contributed by atoms with Crippen LogP contribution in [0.25, 0.3) is 10.9 Å². The Kier molecular flexibility index (Phi) is 9.50. The number of nitrogens with one attached hydrogen (secondary N) is 2. The van der Waals surface area contributed by atoms with E-state index in [1.54, 1.807) is 0 Å². The highest BCUT2D eigenvalue weighted by atomic mass is 16.5. The van der Waals surface area contributed by atoms with Crippen molar-refractivity contribution in [2.45, 2.75) is 65.0 Å². The molecule has 3 atom stereocenters. The van der Waals surface area contributed by atoms with Crippen molar-refractivity contribution in [3.8, 4) is 0 Å². The smallest absolute Gasteiger partial charge is 0.320 e. The second-order valence-electron chi connectivity index (χ2n) is 9.91. The molecule has 1 aromatic heterocycles. The van der Waals surface area contributed by atoms with Crippen LogP contribution in [0.1, 0.15) is 51.5 Å². The number of ether oxygens (including phenoxy) is 1. The summed E-state index contributed by atoms with van der Waals surface area (Å²) >= 11 is 0. The molecule has 0 spiro atoms. The fourth-order valence-corrected chi connectivity index (χ4v) is 4.94. The predicted molar refractivity (Wildman–Crippen MR) is 135 cm³/mol. The zero-order valence-corrected chi connectivity index (χ0v) is 21.3. The van der Waals surface area contributed by atoms with E-state index in [1.165, 1.54) is 0 Å². The first-order valence-electron chi connectivity index (χ1n) is 12.7. The Morgan fingerprint density at radius 1 is 1.17 bits per heavy atom. The third-order valence-corrected chi connectivity index (χ3v) is 6.74. The number of carbonyl (C=O) groups is 4. The minimum atomic E-state index is -1.66. The number of rotatable bonds is 7. The molecule has 36 heavy (non-hydrogen) atoms. The third kappa shape index (κ3) is 6.65. The van der Waals surface area contributed by atoms with Gasteiger partial charge in [0.25, 0.3) is 0 Å². The van der Waals surface area contributed by atoms with Crippen LogP contribution >= 0.6 is 0 Å². The number of aromatic nitrogens is 1. The number of para-hydroxylation sites is 1. The van der Waals surface area contributed by atoms with E-state index in [9.17, 15) is 24.3 Å². The van der Waals surface area contributed by atoms with Gasteiger partial charge in [-0.3, -0.25) is 19.2 Å². The predicted octanol–water partition coefficient (Wildman–Crippen LogP) is 2.89. The zero-order chi connectivity index (χ0) is 26.2. The van der Waals surface area contributed by atoms with Crippen LogP contribution in [0.15, 0.2) is 30.5 Å². The molecule has 0 saturated carbocycles. The summed E-state index contributed by atoms with van der Waals surface area (Å²) in [5.41, 5.74) is 2.00. The van der Waals surface area contributed by atoms with Crippen molar-refractivity contribution in [3.63, 3.8) is 0 Å². The quantitative estimate of drug-likeness (QED) is 0.397. The molecule has 0 saturated heterocycles. The van der Waals surface area contributed by atoms with Crippen molar-refractivity contribution in [2.24, 2.45) is 17.8 Å². The van der Waals surface area contributed by atoms with Gasteiger partial charge in [0, 0.05) is 36.6 Å². The number of carbonyl (C=O) groups excluding carboxylic acids is 3. The molecule has 196 valence electrons. The summed E-state index contributed by atoms with van der Waals surface area (Å²) in [6.45, 7) is 5.06. The Morgan fingerprint density at radius 3 is 2.58 bits per heavy atom. The van der Waals surface area contributed by atoms with Gasteiger partial charge in [0.05, 0.1) is 13.0 Å². The van der Waals surface area contributed by atoms with Gasteiger partial charge in [-0.05, 0) is 36.8 Å². The van der Waals surface area contributed by atoms with E-state index in [0.29, 0.717) is 6.54 Å². The van der Waals surface area contributed by atoms with Crippen LogP contribution < -0.4 is 10.6 Å². The van der Waals surface area contributed by atoms with Gasteiger partial charge in [0.2, 0.25) is 11.8 Å². The Morgan fingerprint density at radius 2 is 1.89 bits per heavy atom. The Labute approximate surface area is 211 Å². The lowest BCUT2D eigenvalue weighted by atomic mass is 9.84. The second-order valence-corrected chi connectivity index (χ2v) is 9.91. The van der Waals surface area contributed by atoms with Gasteiger partial charge >= 0.3 is 11.9 Å². The standard InChI is InChI=1S/C27H37N3O6/c1-17(2)14-20(23(26(33)34)27(35)36-3)24(31)29-21-15-18-16-30(22-11-7-6-10-19(18)22)13-9-5-4-8-12-28-25(21)32/h6-7,10-11,16-17,20-21,23H,4-5,8-9,12-15H2,1-3H3,(H,28,32)(H,29,31)(H,33,34)/t20-,21?,23?/m1/s1. The number of carboxylic acids is 1. The lowest BCUT2D eigenvalue weighted by Gasteiger charge is -2.26. The summed E-state index contributed by atoms with van der Waals surface area (Å²) in [5.74, 6) is -6.26. The third-order valence-electron chi connectivity index (χ3n) is 6.74. The van der Waals surface area contributed by atoms with E-state index in [-0.39, 0.29) is 24.7 Å². The highest BCUT2D eigenvalue weighted by molar-refractivity contribution is 6.00. The van der Waals surface area contributed by atoms with Crippen molar-refractivity contribution in [1.82, 2.24) is 15.2 Å². The largest absolute Gasteiger partial charge is 0.481 e. The molecule has 2 aromatic rings. The number of esters is 1. The summed E-state index contributed by atoms with van der Waals surface area (Å²) in [6.07, 6.45) is 6.35. The van der Waals surface area contributed by atoms with Crippen LogP contribution in [0, 0.1) is 17.8 Å². The molecule has 1 aromatic carbocycles. The van der Waals surface area contributed by atoms with Crippen LogP contribution in [0.5, 0.6) is 0 Å². The number of methoxy groups -OCH3 is 1. The maximum atomic E-state index is 13.4. The monoisotopic (exact) mass is 499 g/mol. The van der Waals surface area contributed by atoms with Crippen molar-refractivity contribution in [2.75, 3.05) is 13.7 Å². The number of aryl methyl sites for hydroxylation is 1. The van der Waals surface area contributed by atoms with Gasteiger partial charge in [-0.15, -0.1) is 0 Å². The summed E-state index contributed by atoms with van der Waals surface area (Å²) in [5, 5.41) is 16.4. The molecule has 3 N–H and O–H groups in total. The minimum absolute atomic E-state index is 0.0564. The molecule has 0 aliphatic carbocycles. The first-order valence-corrected chi connectivity index (χ1v) is 12.7. The lowest BCUT2D eigenvalue weighted by molar-refractivity contribution is -0.162. The number of hydrogen-bond donors (Lipinski definition) is 3. The maximum absolute atomic E-state index is 13.4. The molecular formula is C27H37N3O6. The molecule has 2 bridgehead atoms. The van der Waals surface area contributed by atoms with E-state index in [2.05, 4.69) is 19.9 Å². The first kappa shape index (κ1) is 27.2.